The molecule has 0 radical (unpaired) electrons. The second-order valence-electron chi connectivity index (χ2n) is 2.32. The van der Waals surface area contributed by atoms with Crippen LogP contribution in [0.1, 0.15) is 11.3 Å². The van der Waals surface area contributed by atoms with Gasteiger partial charge in [-0.3, -0.25) is 0 Å². The third kappa shape index (κ3) is 0.846. The Bertz CT molecular complexity index is 203. The molecule has 0 saturated carbocycles. The predicted octanol–water partition coefficient (Wildman–Crippen LogP) is 1.78. The summed E-state index contributed by atoms with van der Waals surface area (Å²) in [6, 6.07) is 0. The maximum atomic E-state index is 12.7. The van der Waals surface area contributed by atoms with Crippen LogP contribution < -0.4 is 0 Å². The molecule has 0 N–H and O–H groups in total. The Labute approximate surface area is 54.1 Å². The van der Waals surface area contributed by atoms with Crippen molar-refractivity contribution in [3.05, 3.63) is 23.3 Å². The van der Waals surface area contributed by atoms with Crippen LogP contribution in [0.2, 0.25) is 0 Å². The molecule has 1 aromatic heterocycles. The normalized spacial score (nSPS) is 10.2. The summed E-state index contributed by atoms with van der Waals surface area (Å²) in [6.45, 7) is 3.53. The molecule has 1 heterocycles. The molecule has 9 heavy (non-hydrogen) atoms. The van der Waals surface area contributed by atoms with Crippen molar-refractivity contribution < 1.29 is 4.39 Å². The van der Waals surface area contributed by atoms with E-state index >= 15 is 0 Å². The van der Waals surface area contributed by atoms with Gasteiger partial charge in [0.25, 0.3) is 0 Å². The fourth-order valence-corrected chi connectivity index (χ4v) is 0.884. The number of nitrogens with zero attached hydrogens (tertiary/aromatic N) is 1. The minimum Gasteiger partial charge on any atom is -0.352 e. The lowest BCUT2D eigenvalue weighted by atomic mass is 10.3. The maximum Gasteiger partial charge on any atom is 0.146 e. The molecule has 0 amide bonds. The minimum atomic E-state index is -0.0856. The molecule has 0 aromatic carbocycles. The highest BCUT2D eigenvalue weighted by Gasteiger charge is 2.03. The number of rotatable bonds is 0. The lowest BCUT2D eigenvalue weighted by Gasteiger charge is -1.91. The Kier molecular flexibility index (Phi) is 1.31. The SMILES string of the molecule is Cc1cn(C)c(C)c1F. The quantitative estimate of drug-likeness (QED) is 0.500. The van der Waals surface area contributed by atoms with Crippen LogP contribution in [0.4, 0.5) is 4.39 Å². The molecular weight excluding hydrogens is 117 g/mol. The second-order valence-corrected chi connectivity index (χ2v) is 2.32. The van der Waals surface area contributed by atoms with E-state index in [1.165, 1.54) is 0 Å². The maximum absolute atomic E-state index is 12.7. The number of aromatic nitrogens is 1. The standard InChI is InChI=1S/C7H10FN/c1-5-4-9(3)6(2)7(5)8/h4H,1-3H3. The van der Waals surface area contributed by atoms with Gasteiger partial charge in [-0.2, -0.15) is 0 Å². The van der Waals surface area contributed by atoms with Gasteiger partial charge in [-0.1, -0.05) is 0 Å². The molecule has 0 unspecified atom stereocenters. The largest absolute Gasteiger partial charge is 0.352 e. The fourth-order valence-electron chi connectivity index (χ4n) is 0.884. The smallest absolute Gasteiger partial charge is 0.146 e. The molecule has 0 bridgehead atoms. The highest BCUT2D eigenvalue weighted by Crippen LogP contribution is 2.11. The summed E-state index contributed by atoms with van der Waals surface area (Å²) in [7, 11) is 1.84. The van der Waals surface area contributed by atoms with E-state index in [0.29, 0.717) is 5.69 Å². The van der Waals surface area contributed by atoms with Crippen molar-refractivity contribution >= 4 is 0 Å². The van der Waals surface area contributed by atoms with Gasteiger partial charge in [0.05, 0.1) is 5.69 Å². The first-order chi connectivity index (χ1) is 4.13. The van der Waals surface area contributed by atoms with E-state index in [-0.39, 0.29) is 5.82 Å². The monoisotopic (exact) mass is 127 g/mol. The zero-order chi connectivity index (χ0) is 7.02. The molecule has 0 aliphatic carbocycles. The fraction of sp³-hybridized carbons (Fsp3) is 0.429. The zero-order valence-electron chi connectivity index (χ0n) is 5.90. The highest BCUT2D eigenvalue weighted by molar-refractivity contribution is 5.18. The first-order valence-electron chi connectivity index (χ1n) is 2.91. The van der Waals surface area contributed by atoms with Gasteiger partial charge in [0, 0.05) is 18.8 Å². The van der Waals surface area contributed by atoms with E-state index < -0.39 is 0 Å². The summed E-state index contributed by atoms with van der Waals surface area (Å²) >= 11 is 0. The van der Waals surface area contributed by atoms with Crippen molar-refractivity contribution in [1.29, 1.82) is 0 Å². The summed E-state index contributed by atoms with van der Waals surface area (Å²) < 4.78 is 14.5. The molecule has 0 saturated heterocycles. The zero-order valence-corrected chi connectivity index (χ0v) is 5.90. The van der Waals surface area contributed by atoms with E-state index in [9.17, 15) is 4.39 Å². The van der Waals surface area contributed by atoms with E-state index in [4.69, 9.17) is 0 Å². The minimum absolute atomic E-state index is 0.0856. The molecule has 0 spiro atoms. The van der Waals surface area contributed by atoms with Crippen LogP contribution in [0.25, 0.3) is 0 Å². The van der Waals surface area contributed by atoms with Crippen LogP contribution in [0, 0.1) is 19.7 Å². The number of hydrogen-bond acceptors (Lipinski definition) is 0. The third-order valence-corrected chi connectivity index (χ3v) is 1.58. The van der Waals surface area contributed by atoms with E-state index in [2.05, 4.69) is 0 Å². The Morgan fingerprint density at radius 2 is 2.00 bits per heavy atom. The van der Waals surface area contributed by atoms with Crippen molar-refractivity contribution in [2.45, 2.75) is 13.8 Å². The predicted molar refractivity (Wildman–Crippen MR) is 34.8 cm³/mol. The van der Waals surface area contributed by atoms with Crippen molar-refractivity contribution in [3.63, 3.8) is 0 Å². The molecule has 50 valence electrons. The molecule has 1 aromatic rings. The van der Waals surface area contributed by atoms with Crippen molar-refractivity contribution in [2.24, 2.45) is 7.05 Å². The lowest BCUT2D eigenvalue weighted by molar-refractivity contribution is 0.605. The molecule has 0 aliphatic rings. The van der Waals surface area contributed by atoms with Gasteiger partial charge in [0.15, 0.2) is 0 Å². The average molecular weight is 127 g/mol. The van der Waals surface area contributed by atoms with E-state index in [1.54, 1.807) is 24.6 Å². The first-order valence-corrected chi connectivity index (χ1v) is 2.91. The Morgan fingerprint density at radius 1 is 1.44 bits per heavy atom. The van der Waals surface area contributed by atoms with Crippen LogP contribution in [-0.2, 0) is 7.05 Å². The van der Waals surface area contributed by atoms with Crippen LogP contribution in [-0.4, -0.2) is 4.57 Å². The molecule has 0 fully saturated rings. The summed E-state index contributed by atoms with van der Waals surface area (Å²) in [4.78, 5) is 0. The number of aryl methyl sites for hydroxylation is 2. The van der Waals surface area contributed by atoms with E-state index in [0.717, 1.165) is 5.56 Å². The number of hydrogen-bond donors (Lipinski definition) is 0. The van der Waals surface area contributed by atoms with Crippen molar-refractivity contribution in [2.75, 3.05) is 0 Å². The number of halogens is 1. The highest BCUT2D eigenvalue weighted by atomic mass is 19.1. The van der Waals surface area contributed by atoms with Crippen molar-refractivity contribution in [3.8, 4) is 0 Å². The van der Waals surface area contributed by atoms with E-state index in [1.807, 2.05) is 7.05 Å². The summed E-state index contributed by atoms with van der Waals surface area (Å²) in [5.74, 6) is -0.0856. The van der Waals surface area contributed by atoms with Crippen LogP contribution in [0.15, 0.2) is 6.20 Å². The van der Waals surface area contributed by atoms with Gasteiger partial charge in [-0.15, -0.1) is 0 Å². The summed E-state index contributed by atoms with van der Waals surface area (Å²) in [5, 5.41) is 0. The van der Waals surface area contributed by atoms with Gasteiger partial charge in [-0.25, -0.2) is 4.39 Å². The summed E-state index contributed by atoms with van der Waals surface area (Å²) in [5.41, 5.74) is 1.42. The third-order valence-electron chi connectivity index (χ3n) is 1.58. The lowest BCUT2D eigenvalue weighted by Crippen LogP contribution is -1.87. The van der Waals surface area contributed by atoms with Crippen molar-refractivity contribution in [1.82, 2.24) is 4.57 Å². The van der Waals surface area contributed by atoms with Gasteiger partial charge in [-0.05, 0) is 13.8 Å². The molecular formula is C7H10FN. The van der Waals surface area contributed by atoms with Crippen LogP contribution in [0.5, 0.6) is 0 Å². The Morgan fingerprint density at radius 3 is 2.11 bits per heavy atom. The average Bonchev–Trinajstić information content (AvgIpc) is 1.98. The molecule has 1 nitrogen and oxygen atoms in total. The topological polar surface area (TPSA) is 4.93 Å². The van der Waals surface area contributed by atoms with Crippen LogP contribution in [0.3, 0.4) is 0 Å². The molecule has 2 heteroatoms. The van der Waals surface area contributed by atoms with Gasteiger partial charge < -0.3 is 4.57 Å². The van der Waals surface area contributed by atoms with Gasteiger partial charge in [0.1, 0.15) is 5.82 Å². The van der Waals surface area contributed by atoms with Gasteiger partial charge >= 0.3 is 0 Å². The molecule has 0 atom stereocenters. The van der Waals surface area contributed by atoms with Crippen LogP contribution >= 0.6 is 0 Å². The second kappa shape index (κ2) is 1.87. The van der Waals surface area contributed by atoms with Gasteiger partial charge in [0.2, 0.25) is 0 Å². The first kappa shape index (κ1) is 6.33. The Hall–Kier alpha value is -0.790. The summed E-state index contributed by atoms with van der Waals surface area (Å²) in [6.07, 6.45) is 1.78. The Balaban J connectivity index is 3.29. The molecule has 0 aliphatic heterocycles. The molecule has 1 rings (SSSR count).